The van der Waals surface area contributed by atoms with Crippen LogP contribution < -0.4 is 20.5 Å². The van der Waals surface area contributed by atoms with E-state index < -0.39 is 12.4 Å². The Kier molecular flexibility index (Phi) is 6.33. The first kappa shape index (κ1) is 22.4. The molecule has 9 nitrogen and oxygen atoms in total. The number of hydrogen-bond acceptors (Lipinski definition) is 6. The molecule has 33 heavy (non-hydrogen) atoms. The van der Waals surface area contributed by atoms with Gasteiger partial charge in [0.2, 0.25) is 0 Å². The van der Waals surface area contributed by atoms with Gasteiger partial charge in [0.05, 0.1) is 6.10 Å². The Bertz CT molecular complexity index is 1080. The average Bonchev–Trinajstić information content (AvgIpc) is 3.30. The van der Waals surface area contributed by atoms with E-state index in [4.69, 9.17) is 10.5 Å². The molecule has 0 atom stereocenters. The molecular weight excluding hydrogens is 441 g/mol. The molecule has 0 bridgehead atoms. The smallest absolute Gasteiger partial charge is 0.490 e. The van der Waals surface area contributed by atoms with E-state index in [2.05, 4.69) is 30.7 Å². The van der Waals surface area contributed by atoms with Gasteiger partial charge < -0.3 is 20.5 Å². The number of rotatable bonds is 6. The number of hydrogen-bond donors (Lipinski definition) is 3. The molecule has 1 saturated carbocycles. The van der Waals surface area contributed by atoms with Gasteiger partial charge in [0.25, 0.3) is 0 Å². The zero-order valence-electron chi connectivity index (χ0n) is 17.3. The molecule has 174 valence electrons. The molecule has 0 saturated heterocycles. The molecule has 1 aliphatic carbocycles. The lowest BCUT2D eigenvalue weighted by molar-refractivity contribution is -0.275. The van der Waals surface area contributed by atoms with E-state index in [1.807, 2.05) is 24.3 Å². The molecule has 2 amide bonds. The number of amides is 2. The Balaban J connectivity index is 1.41. The fourth-order valence-corrected chi connectivity index (χ4v) is 3.96. The number of halogens is 3. The molecule has 0 unspecified atom stereocenters. The van der Waals surface area contributed by atoms with Crippen molar-refractivity contribution in [3.8, 4) is 22.9 Å². The summed E-state index contributed by atoms with van der Waals surface area (Å²) < 4.78 is 48.9. The minimum atomic E-state index is -4.82. The van der Waals surface area contributed by atoms with Crippen LogP contribution in [-0.4, -0.2) is 39.1 Å². The molecule has 1 heterocycles. The van der Waals surface area contributed by atoms with Gasteiger partial charge in [-0.1, -0.05) is 0 Å². The van der Waals surface area contributed by atoms with Crippen LogP contribution in [0.15, 0.2) is 42.5 Å². The van der Waals surface area contributed by atoms with Gasteiger partial charge in [0.1, 0.15) is 11.5 Å². The van der Waals surface area contributed by atoms with Crippen molar-refractivity contribution in [1.82, 2.24) is 20.6 Å². The lowest BCUT2D eigenvalue weighted by Crippen LogP contribution is -2.25. The van der Waals surface area contributed by atoms with E-state index in [-0.39, 0.29) is 17.8 Å². The Morgan fingerprint density at radius 3 is 2.42 bits per heavy atom. The zero-order valence-corrected chi connectivity index (χ0v) is 17.3. The predicted molar refractivity (Wildman–Crippen MR) is 112 cm³/mol. The maximum absolute atomic E-state index is 12.9. The highest BCUT2D eigenvalue weighted by atomic mass is 19.4. The van der Waals surface area contributed by atoms with Crippen LogP contribution >= 0.6 is 0 Å². The van der Waals surface area contributed by atoms with Crippen LogP contribution in [0, 0.1) is 0 Å². The Labute approximate surface area is 186 Å². The van der Waals surface area contributed by atoms with Crippen LogP contribution in [0.5, 0.6) is 11.5 Å². The summed E-state index contributed by atoms with van der Waals surface area (Å²) in [6.07, 6.45) is -2.39. The highest BCUT2D eigenvalue weighted by Crippen LogP contribution is 2.41. The fraction of sp³-hybridized carbons (Fsp3) is 0.333. The number of tetrazole rings is 1. The number of carbonyl (C=O) groups is 1. The van der Waals surface area contributed by atoms with Crippen LogP contribution in [-0.2, 0) is 0 Å². The Morgan fingerprint density at radius 1 is 1.09 bits per heavy atom. The van der Waals surface area contributed by atoms with Gasteiger partial charge in [-0.3, -0.25) is 0 Å². The maximum atomic E-state index is 12.9. The number of nitrogens with one attached hydrogen (secondary N) is 2. The number of benzene rings is 2. The Hall–Kier alpha value is -3.83. The second-order valence-corrected chi connectivity index (χ2v) is 7.66. The van der Waals surface area contributed by atoms with Crippen molar-refractivity contribution in [3.05, 3.63) is 48.0 Å². The predicted octanol–water partition coefficient (Wildman–Crippen LogP) is 4.36. The number of alkyl halides is 3. The van der Waals surface area contributed by atoms with Gasteiger partial charge in [-0.25, -0.2) is 9.89 Å². The number of aromatic nitrogens is 4. The molecular formula is C21H21F3N6O3. The molecule has 12 heteroatoms. The van der Waals surface area contributed by atoms with Gasteiger partial charge in [-0.05, 0) is 90.1 Å². The first-order valence-corrected chi connectivity index (χ1v) is 10.2. The molecule has 3 aromatic rings. The van der Waals surface area contributed by atoms with Crippen molar-refractivity contribution in [2.75, 3.05) is 5.32 Å². The van der Waals surface area contributed by atoms with Crippen molar-refractivity contribution in [2.24, 2.45) is 5.73 Å². The normalized spacial score (nSPS) is 18.5. The first-order valence-electron chi connectivity index (χ1n) is 10.2. The second kappa shape index (κ2) is 9.35. The largest absolute Gasteiger partial charge is 0.573 e. The summed E-state index contributed by atoms with van der Waals surface area (Å²) in [5.74, 6) is 0.771. The quantitative estimate of drug-likeness (QED) is 0.499. The number of primary amides is 1. The number of nitrogens with two attached hydrogens (primary N) is 1. The summed E-state index contributed by atoms with van der Waals surface area (Å²) in [6.45, 7) is 0. The Morgan fingerprint density at radius 2 is 1.82 bits per heavy atom. The number of nitrogens with zero attached hydrogens (tertiary/aromatic N) is 3. The minimum absolute atomic E-state index is 0.0713. The summed E-state index contributed by atoms with van der Waals surface area (Å²) >= 11 is 0. The number of ether oxygens (including phenoxy) is 2. The van der Waals surface area contributed by atoms with Crippen molar-refractivity contribution < 1.29 is 27.4 Å². The van der Waals surface area contributed by atoms with Crippen LogP contribution in [0.2, 0.25) is 0 Å². The number of carbonyl (C=O) groups excluding carboxylic acids is 1. The second-order valence-electron chi connectivity index (χ2n) is 7.66. The van der Waals surface area contributed by atoms with Crippen molar-refractivity contribution in [3.63, 3.8) is 0 Å². The van der Waals surface area contributed by atoms with E-state index >= 15 is 0 Å². The summed E-state index contributed by atoms with van der Waals surface area (Å²) in [6, 6.07) is 10.5. The molecule has 1 aromatic heterocycles. The van der Waals surface area contributed by atoms with Crippen LogP contribution in [0.3, 0.4) is 0 Å². The molecule has 1 fully saturated rings. The maximum Gasteiger partial charge on any atom is 0.573 e. The highest BCUT2D eigenvalue weighted by molar-refractivity contribution is 5.88. The molecule has 4 N–H and O–H groups in total. The number of H-pyrrole nitrogens is 1. The zero-order chi connectivity index (χ0) is 23.4. The van der Waals surface area contributed by atoms with E-state index in [0.29, 0.717) is 48.5 Å². The number of aromatic amines is 1. The van der Waals surface area contributed by atoms with Gasteiger partial charge in [0.15, 0.2) is 5.82 Å². The highest BCUT2D eigenvalue weighted by Gasteiger charge is 2.34. The summed E-state index contributed by atoms with van der Waals surface area (Å²) in [4.78, 5) is 11.1. The van der Waals surface area contributed by atoms with Crippen LogP contribution in [0.25, 0.3) is 11.4 Å². The van der Waals surface area contributed by atoms with Gasteiger partial charge in [0, 0.05) is 11.3 Å². The van der Waals surface area contributed by atoms with Gasteiger partial charge in [-0.15, -0.1) is 18.3 Å². The third-order valence-electron chi connectivity index (χ3n) is 5.39. The standard InChI is InChI=1S/C21H21F3N6O3/c22-21(23,24)33-18-10-5-14(26-20(25)31)11-17(18)12-1-6-15(7-2-12)32-16-8-3-13(4-9-16)19-27-29-30-28-19/h3-5,8-12,15H,1-2,6-7H2,(H3,25,26,31)(H,27,28,29,30). The lowest BCUT2D eigenvalue weighted by Gasteiger charge is -2.30. The molecule has 0 aliphatic heterocycles. The van der Waals surface area contributed by atoms with E-state index in [1.165, 1.54) is 18.2 Å². The van der Waals surface area contributed by atoms with E-state index in [1.54, 1.807) is 0 Å². The van der Waals surface area contributed by atoms with Crippen molar-refractivity contribution >= 4 is 11.7 Å². The van der Waals surface area contributed by atoms with E-state index in [9.17, 15) is 18.0 Å². The van der Waals surface area contributed by atoms with Crippen LogP contribution in [0.1, 0.15) is 37.2 Å². The molecule has 0 radical (unpaired) electrons. The minimum Gasteiger partial charge on any atom is -0.490 e. The summed E-state index contributed by atoms with van der Waals surface area (Å²) in [5, 5.41) is 16.0. The third kappa shape index (κ3) is 5.90. The number of anilines is 1. The van der Waals surface area contributed by atoms with Gasteiger partial charge in [-0.2, -0.15) is 0 Å². The van der Waals surface area contributed by atoms with Gasteiger partial charge >= 0.3 is 12.4 Å². The monoisotopic (exact) mass is 462 g/mol. The first-order chi connectivity index (χ1) is 15.8. The SMILES string of the molecule is NC(=O)Nc1ccc(OC(F)(F)F)c(C2CCC(Oc3ccc(-c4nnn[nH]4)cc3)CC2)c1. The molecule has 2 aromatic carbocycles. The fourth-order valence-electron chi connectivity index (χ4n) is 3.96. The van der Waals surface area contributed by atoms with E-state index in [0.717, 1.165) is 5.56 Å². The molecule has 4 rings (SSSR count). The topological polar surface area (TPSA) is 128 Å². The molecule has 0 spiro atoms. The summed E-state index contributed by atoms with van der Waals surface area (Å²) in [7, 11) is 0. The lowest BCUT2D eigenvalue weighted by atomic mass is 9.82. The summed E-state index contributed by atoms with van der Waals surface area (Å²) in [5.41, 5.74) is 6.64. The third-order valence-corrected chi connectivity index (χ3v) is 5.39. The average molecular weight is 462 g/mol. The van der Waals surface area contributed by atoms with Crippen molar-refractivity contribution in [1.29, 1.82) is 0 Å². The number of urea groups is 1. The van der Waals surface area contributed by atoms with Crippen LogP contribution in [0.4, 0.5) is 23.7 Å². The van der Waals surface area contributed by atoms with Crippen molar-refractivity contribution in [2.45, 2.75) is 44.1 Å². The molecule has 1 aliphatic rings.